The Hall–Kier alpha value is -5.37. The van der Waals surface area contributed by atoms with Crippen molar-refractivity contribution in [1.29, 1.82) is 0 Å². The highest BCUT2D eigenvalue weighted by Gasteiger charge is 2.15. The fourth-order valence-electron chi connectivity index (χ4n) is 4.15. The van der Waals surface area contributed by atoms with Crippen LogP contribution in [0.25, 0.3) is 0 Å². The van der Waals surface area contributed by atoms with Crippen molar-refractivity contribution >= 4 is 46.2 Å². The molecular formula is C34H31N3O5. The molecule has 4 rings (SSSR count). The van der Waals surface area contributed by atoms with Gasteiger partial charge in [-0.1, -0.05) is 64.4 Å². The average Bonchev–Trinajstić information content (AvgIpc) is 3.00. The van der Waals surface area contributed by atoms with Crippen LogP contribution in [0.15, 0.2) is 107 Å². The predicted octanol–water partition coefficient (Wildman–Crippen LogP) is 7.27. The van der Waals surface area contributed by atoms with E-state index in [9.17, 15) is 14.4 Å². The molecule has 0 aliphatic carbocycles. The standard InChI is InChI=1S/C34H31N3O5/c1-22-6-8-29(9-7-22)34(40)30-14-20-33(21-15-30)37(31-16-10-27(11-17-31)23(2)35-41-25(4)38)32-18-12-28(13-19-32)24(3)36-42-26(5)39/h6-21H,1-5H3/b35-23+,36-24?. The van der Waals surface area contributed by atoms with E-state index in [-0.39, 0.29) is 5.78 Å². The minimum Gasteiger partial charge on any atom is -0.318 e. The van der Waals surface area contributed by atoms with Gasteiger partial charge in [0, 0.05) is 42.0 Å². The Kier molecular flexibility index (Phi) is 9.39. The zero-order chi connectivity index (χ0) is 30.2. The molecular weight excluding hydrogens is 530 g/mol. The Labute approximate surface area is 244 Å². The van der Waals surface area contributed by atoms with Crippen molar-refractivity contribution in [3.63, 3.8) is 0 Å². The lowest BCUT2D eigenvalue weighted by molar-refractivity contribution is -0.141. The fourth-order valence-corrected chi connectivity index (χ4v) is 4.15. The van der Waals surface area contributed by atoms with Crippen molar-refractivity contribution in [2.75, 3.05) is 4.90 Å². The molecule has 0 aliphatic rings. The summed E-state index contributed by atoms with van der Waals surface area (Å²) < 4.78 is 0. The van der Waals surface area contributed by atoms with Gasteiger partial charge in [0.2, 0.25) is 0 Å². The molecule has 8 heteroatoms. The molecule has 42 heavy (non-hydrogen) atoms. The largest absolute Gasteiger partial charge is 0.331 e. The van der Waals surface area contributed by atoms with Crippen LogP contribution in [0.3, 0.4) is 0 Å². The SMILES string of the molecule is CC(=O)ON=C(C)c1ccc(N(c2ccc(C(=O)c3ccc(C)cc3)cc2)c2ccc(/C(C)=N/OC(C)=O)cc2)cc1. The number of carbonyl (C=O) groups is 3. The zero-order valence-electron chi connectivity index (χ0n) is 24.1. The first-order chi connectivity index (χ1) is 20.1. The molecule has 0 unspecified atom stereocenters. The molecule has 0 spiro atoms. The number of hydrogen-bond donors (Lipinski definition) is 0. The number of oxime groups is 2. The average molecular weight is 562 g/mol. The van der Waals surface area contributed by atoms with E-state index in [0.717, 1.165) is 33.8 Å². The molecule has 0 atom stereocenters. The normalized spacial score (nSPS) is 11.5. The predicted molar refractivity (Wildman–Crippen MR) is 164 cm³/mol. The van der Waals surface area contributed by atoms with Gasteiger partial charge in [0.15, 0.2) is 5.78 Å². The smallest absolute Gasteiger partial charge is 0.318 e. The van der Waals surface area contributed by atoms with Crippen LogP contribution >= 0.6 is 0 Å². The van der Waals surface area contributed by atoms with Crippen molar-refractivity contribution < 1.29 is 24.1 Å². The number of carbonyl (C=O) groups excluding carboxylic acids is 3. The van der Waals surface area contributed by atoms with Gasteiger partial charge in [0.05, 0.1) is 11.4 Å². The Morgan fingerprint density at radius 3 is 1.14 bits per heavy atom. The molecule has 0 aliphatic heterocycles. The van der Waals surface area contributed by atoms with E-state index in [2.05, 4.69) is 10.3 Å². The van der Waals surface area contributed by atoms with Crippen molar-refractivity contribution in [3.05, 3.63) is 125 Å². The lowest BCUT2D eigenvalue weighted by Crippen LogP contribution is -2.11. The molecule has 0 N–H and O–H groups in total. The van der Waals surface area contributed by atoms with Gasteiger partial charge in [-0.05, 0) is 80.4 Å². The van der Waals surface area contributed by atoms with E-state index >= 15 is 0 Å². The highest BCUT2D eigenvalue weighted by molar-refractivity contribution is 6.09. The van der Waals surface area contributed by atoms with E-state index in [1.165, 1.54) is 13.8 Å². The van der Waals surface area contributed by atoms with Crippen molar-refractivity contribution in [1.82, 2.24) is 0 Å². The number of hydrogen-bond acceptors (Lipinski definition) is 8. The van der Waals surface area contributed by atoms with E-state index in [1.807, 2.05) is 109 Å². The second kappa shape index (κ2) is 13.3. The lowest BCUT2D eigenvalue weighted by Gasteiger charge is -2.26. The number of anilines is 3. The van der Waals surface area contributed by atoms with Crippen LogP contribution in [-0.2, 0) is 19.3 Å². The maximum atomic E-state index is 13.1. The van der Waals surface area contributed by atoms with Crippen LogP contribution in [0.2, 0.25) is 0 Å². The quantitative estimate of drug-likeness (QED) is 0.0923. The summed E-state index contributed by atoms with van der Waals surface area (Å²) in [5, 5.41) is 7.74. The molecule has 0 radical (unpaired) electrons. The second-order valence-electron chi connectivity index (χ2n) is 9.69. The van der Waals surface area contributed by atoms with Crippen molar-refractivity contribution in [3.8, 4) is 0 Å². The maximum absolute atomic E-state index is 13.1. The number of ketones is 1. The summed E-state index contributed by atoms with van der Waals surface area (Å²) in [6, 6.07) is 30.3. The Morgan fingerprint density at radius 1 is 0.500 bits per heavy atom. The Morgan fingerprint density at radius 2 is 0.810 bits per heavy atom. The minimum absolute atomic E-state index is 0.0492. The van der Waals surface area contributed by atoms with Gasteiger partial charge >= 0.3 is 11.9 Å². The van der Waals surface area contributed by atoms with Gasteiger partial charge in [-0.3, -0.25) is 4.79 Å². The third kappa shape index (κ3) is 7.42. The molecule has 0 aromatic heterocycles. The van der Waals surface area contributed by atoms with E-state index < -0.39 is 11.9 Å². The third-order valence-corrected chi connectivity index (χ3v) is 6.41. The van der Waals surface area contributed by atoms with Crippen LogP contribution < -0.4 is 4.90 Å². The van der Waals surface area contributed by atoms with Crippen LogP contribution in [0.1, 0.15) is 60.3 Å². The van der Waals surface area contributed by atoms with Crippen molar-refractivity contribution in [2.24, 2.45) is 10.3 Å². The van der Waals surface area contributed by atoms with Crippen LogP contribution in [0.5, 0.6) is 0 Å². The van der Waals surface area contributed by atoms with Gasteiger partial charge < -0.3 is 14.6 Å². The lowest BCUT2D eigenvalue weighted by atomic mass is 10.0. The first-order valence-corrected chi connectivity index (χ1v) is 13.3. The van der Waals surface area contributed by atoms with E-state index in [0.29, 0.717) is 22.6 Å². The summed E-state index contributed by atoms with van der Waals surface area (Å²) in [6.07, 6.45) is 0. The molecule has 8 nitrogen and oxygen atoms in total. The maximum Gasteiger partial charge on any atom is 0.331 e. The molecule has 0 bridgehead atoms. The molecule has 0 saturated carbocycles. The van der Waals surface area contributed by atoms with Crippen molar-refractivity contribution in [2.45, 2.75) is 34.6 Å². The van der Waals surface area contributed by atoms with E-state index in [4.69, 9.17) is 9.68 Å². The molecule has 0 heterocycles. The van der Waals surface area contributed by atoms with Gasteiger partial charge in [-0.2, -0.15) is 0 Å². The molecule has 0 fully saturated rings. The summed E-state index contributed by atoms with van der Waals surface area (Å²) in [5.41, 5.74) is 7.59. The fraction of sp³-hybridized carbons (Fsp3) is 0.147. The Balaban J connectivity index is 1.69. The number of benzene rings is 4. The molecule has 212 valence electrons. The molecule has 4 aromatic rings. The van der Waals surface area contributed by atoms with E-state index in [1.54, 1.807) is 13.8 Å². The number of nitrogens with zero attached hydrogens (tertiary/aromatic N) is 3. The van der Waals surface area contributed by atoms with Gasteiger partial charge in [-0.15, -0.1) is 0 Å². The topological polar surface area (TPSA) is 97.6 Å². The van der Waals surface area contributed by atoms with Gasteiger partial charge in [0.1, 0.15) is 0 Å². The van der Waals surface area contributed by atoms with Gasteiger partial charge in [0.25, 0.3) is 0 Å². The number of aryl methyl sites for hydroxylation is 1. The van der Waals surface area contributed by atoms with Crippen LogP contribution in [0, 0.1) is 6.92 Å². The molecule has 4 aromatic carbocycles. The van der Waals surface area contributed by atoms with Crippen LogP contribution in [0.4, 0.5) is 17.1 Å². The number of rotatable bonds is 9. The highest BCUT2D eigenvalue weighted by Crippen LogP contribution is 2.35. The zero-order valence-corrected chi connectivity index (χ0v) is 24.1. The summed E-state index contributed by atoms with van der Waals surface area (Å²) >= 11 is 0. The monoisotopic (exact) mass is 561 g/mol. The highest BCUT2D eigenvalue weighted by atomic mass is 16.7. The summed E-state index contributed by atoms with van der Waals surface area (Å²) in [7, 11) is 0. The van der Waals surface area contributed by atoms with Gasteiger partial charge in [-0.25, -0.2) is 9.59 Å². The van der Waals surface area contributed by atoms with Crippen LogP contribution in [-0.4, -0.2) is 29.1 Å². The summed E-state index contributed by atoms with van der Waals surface area (Å²) in [6.45, 7) is 8.10. The minimum atomic E-state index is -0.488. The Bertz CT molecular complexity index is 1560. The summed E-state index contributed by atoms with van der Waals surface area (Å²) in [4.78, 5) is 47.0. The first-order valence-electron chi connectivity index (χ1n) is 13.3. The third-order valence-electron chi connectivity index (χ3n) is 6.41. The molecule has 0 saturated heterocycles. The molecule has 0 amide bonds. The second-order valence-corrected chi connectivity index (χ2v) is 9.69. The first kappa shape index (κ1) is 29.6. The summed E-state index contributed by atoms with van der Waals surface area (Å²) in [5.74, 6) is -1.03.